The lowest BCUT2D eigenvalue weighted by molar-refractivity contribution is -0.144. The summed E-state index contributed by atoms with van der Waals surface area (Å²) >= 11 is 1.50. The highest BCUT2D eigenvalue weighted by Crippen LogP contribution is 2.11. The summed E-state index contributed by atoms with van der Waals surface area (Å²) in [7, 11) is 0. The second kappa shape index (κ2) is 12.9. The zero-order valence-electron chi connectivity index (χ0n) is 16.6. The number of nitrogens with two attached hydrogens (primary N) is 1. The molecule has 0 spiro atoms. The minimum atomic E-state index is -0.678. The van der Waals surface area contributed by atoms with E-state index in [9.17, 15) is 9.59 Å². The molecule has 0 fully saturated rings. The van der Waals surface area contributed by atoms with Crippen LogP contribution in [0.25, 0.3) is 0 Å². The van der Waals surface area contributed by atoms with Crippen LogP contribution in [-0.4, -0.2) is 42.3 Å². The Hall–Kier alpha value is -2.51. The summed E-state index contributed by atoms with van der Waals surface area (Å²) in [5.74, 6) is 0.614. The lowest BCUT2D eigenvalue weighted by atomic mass is 10.1. The van der Waals surface area contributed by atoms with Crippen molar-refractivity contribution < 1.29 is 19.1 Å². The highest BCUT2D eigenvalue weighted by Gasteiger charge is 2.18. The van der Waals surface area contributed by atoms with Gasteiger partial charge in [0.25, 0.3) is 0 Å². The van der Waals surface area contributed by atoms with Crippen molar-refractivity contribution in [1.29, 1.82) is 0 Å². The molecule has 1 amide bonds. The van der Waals surface area contributed by atoms with E-state index in [1.54, 1.807) is 6.92 Å². The quantitative estimate of drug-likeness (QED) is 0.547. The summed E-state index contributed by atoms with van der Waals surface area (Å²) in [6, 6.07) is 18.6. The molecule has 29 heavy (non-hydrogen) atoms. The van der Waals surface area contributed by atoms with E-state index in [1.165, 1.54) is 11.8 Å². The van der Waals surface area contributed by atoms with Crippen LogP contribution in [0.2, 0.25) is 0 Å². The Balaban J connectivity index is 1.86. The van der Waals surface area contributed by atoms with Gasteiger partial charge in [0, 0.05) is 17.5 Å². The Morgan fingerprint density at radius 2 is 1.59 bits per heavy atom. The molecule has 2 rings (SSSR count). The first kappa shape index (κ1) is 22.8. The van der Waals surface area contributed by atoms with Crippen molar-refractivity contribution in [3.8, 4) is 0 Å². The first-order valence-corrected chi connectivity index (χ1v) is 10.7. The van der Waals surface area contributed by atoms with E-state index in [4.69, 9.17) is 15.2 Å². The van der Waals surface area contributed by atoms with E-state index in [0.29, 0.717) is 24.5 Å². The summed E-state index contributed by atoms with van der Waals surface area (Å²) in [6.45, 7) is 2.27. The normalized spacial score (nSPS) is 12.6. The summed E-state index contributed by atoms with van der Waals surface area (Å²) in [5.41, 5.74) is 7.88. The van der Waals surface area contributed by atoms with Crippen molar-refractivity contribution in [3.63, 3.8) is 0 Å². The molecule has 2 aromatic carbocycles. The van der Waals surface area contributed by atoms with E-state index in [-0.39, 0.29) is 12.6 Å². The zero-order chi connectivity index (χ0) is 20.9. The third-order valence-electron chi connectivity index (χ3n) is 4.07. The number of rotatable bonds is 11. The van der Waals surface area contributed by atoms with Crippen LogP contribution in [0.1, 0.15) is 18.1 Å². The molecule has 2 aromatic rings. The van der Waals surface area contributed by atoms with Gasteiger partial charge in [-0.2, -0.15) is 11.8 Å². The van der Waals surface area contributed by atoms with E-state index < -0.39 is 18.1 Å². The SMILES string of the molecule is CCOC(=O)[C@@H](N)CSC[C@H](Cc1ccccc1)NC(=O)OCc1ccccc1. The fraction of sp³-hybridized carbons (Fsp3) is 0.364. The van der Waals surface area contributed by atoms with Gasteiger partial charge >= 0.3 is 12.1 Å². The molecule has 6 nitrogen and oxygen atoms in total. The molecule has 0 radical (unpaired) electrons. The molecule has 7 heteroatoms. The maximum absolute atomic E-state index is 12.3. The minimum absolute atomic E-state index is 0.153. The van der Waals surface area contributed by atoms with E-state index >= 15 is 0 Å². The first-order chi connectivity index (χ1) is 14.1. The number of carbonyl (C=O) groups is 2. The molecular weight excluding hydrogens is 388 g/mol. The molecule has 156 valence electrons. The second-order valence-electron chi connectivity index (χ2n) is 6.49. The van der Waals surface area contributed by atoms with Gasteiger partial charge in [-0.25, -0.2) is 4.79 Å². The van der Waals surface area contributed by atoms with Gasteiger partial charge < -0.3 is 20.5 Å². The summed E-state index contributed by atoms with van der Waals surface area (Å²) in [5, 5.41) is 2.92. The highest BCUT2D eigenvalue weighted by molar-refractivity contribution is 7.99. The number of hydrogen-bond donors (Lipinski definition) is 2. The van der Waals surface area contributed by atoms with Crippen LogP contribution >= 0.6 is 11.8 Å². The molecular formula is C22H28N2O4S. The lowest BCUT2D eigenvalue weighted by Crippen LogP contribution is -2.40. The summed E-state index contributed by atoms with van der Waals surface area (Å²) in [6.07, 6.45) is 0.188. The second-order valence-corrected chi connectivity index (χ2v) is 7.56. The molecule has 0 aliphatic heterocycles. The molecule has 0 unspecified atom stereocenters. The fourth-order valence-corrected chi connectivity index (χ4v) is 3.65. The van der Waals surface area contributed by atoms with Gasteiger partial charge in [-0.15, -0.1) is 0 Å². The number of benzene rings is 2. The molecule has 0 aromatic heterocycles. The topological polar surface area (TPSA) is 90.6 Å². The predicted molar refractivity (Wildman–Crippen MR) is 116 cm³/mol. The highest BCUT2D eigenvalue weighted by atomic mass is 32.2. The lowest BCUT2D eigenvalue weighted by Gasteiger charge is -2.19. The smallest absolute Gasteiger partial charge is 0.407 e. The Morgan fingerprint density at radius 1 is 0.966 bits per heavy atom. The molecule has 2 atom stereocenters. The predicted octanol–water partition coefficient (Wildman–Crippen LogP) is 3.15. The van der Waals surface area contributed by atoms with Crippen LogP contribution in [0.5, 0.6) is 0 Å². The van der Waals surface area contributed by atoms with E-state index in [0.717, 1.165) is 11.1 Å². The number of carbonyl (C=O) groups excluding carboxylic acids is 2. The van der Waals surface area contributed by atoms with Crippen molar-refractivity contribution in [2.75, 3.05) is 18.1 Å². The standard InChI is InChI=1S/C22H28N2O4S/c1-2-27-21(25)20(23)16-29-15-19(13-17-9-5-3-6-10-17)24-22(26)28-14-18-11-7-4-8-12-18/h3-12,19-20H,2,13-16,23H2,1H3,(H,24,26)/t19-,20-/m0/s1. The van der Waals surface area contributed by atoms with Crippen molar-refractivity contribution >= 4 is 23.8 Å². The molecule has 0 bridgehead atoms. The Bertz CT molecular complexity index is 743. The van der Waals surface area contributed by atoms with Gasteiger partial charge in [-0.3, -0.25) is 4.79 Å². The number of alkyl carbamates (subject to hydrolysis) is 1. The number of esters is 1. The summed E-state index contributed by atoms with van der Waals surface area (Å²) < 4.78 is 10.3. The van der Waals surface area contributed by atoms with Crippen molar-refractivity contribution in [2.45, 2.75) is 32.0 Å². The summed E-state index contributed by atoms with van der Waals surface area (Å²) in [4.78, 5) is 23.9. The molecule has 0 heterocycles. The maximum Gasteiger partial charge on any atom is 0.407 e. The van der Waals surface area contributed by atoms with Crippen LogP contribution in [0, 0.1) is 0 Å². The van der Waals surface area contributed by atoms with Gasteiger partial charge in [-0.05, 0) is 24.5 Å². The van der Waals surface area contributed by atoms with Crippen molar-refractivity contribution in [3.05, 3.63) is 71.8 Å². The van der Waals surface area contributed by atoms with Crippen molar-refractivity contribution in [2.24, 2.45) is 5.73 Å². The average Bonchev–Trinajstić information content (AvgIpc) is 2.73. The van der Waals surface area contributed by atoms with Crippen LogP contribution in [0.3, 0.4) is 0 Å². The number of ether oxygens (including phenoxy) is 2. The zero-order valence-corrected chi connectivity index (χ0v) is 17.4. The molecule has 0 saturated carbocycles. The third kappa shape index (κ3) is 9.02. The Kier molecular flexibility index (Phi) is 10.1. The van der Waals surface area contributed by atoms with Crippen molar-refractivity contribution in [1.82, 2.24) is 5.32 Å². The molecule has 0 saturated heterocycles. The number of nitrogens with one attached hydrogen (secondary N) is 1. The largest absolute Gasteiger partial charge is 0.465 e. The minimum Gasteiger partial charge on any atom is -0.465 e. The molecule has 0 aliphatic carbocycles. The van der Waals surface area contributed by atoms with Crippen LogP contribution < -0.4 is 11.1 Å². The number of hydrogen-bond acceptors (Lipinski definition) is 6. The van der Waals surface area contributed by atoms with E-state index in [2.05, 4.69) is 5.32 Å². The third-order valence-corrected chi connectivity index (χ3v) is 5.30. The monoisotopic (exact) mass is 416 g/mol. The molecule has 3 N–H and O–H groups in total. The van der Waals surface area contributed by atoms with Gasteiger partial charge in [0.2, 0.25) is 0 Å². The van der Waals surface area contributed by atoms with Crippen LogP contribution in [-0.2, 0) is 27.3 Å². The van der Waals surface area contributed by atoms with Crippen LogP contribution in [0.4, 0.5) is 4.79 Å². The maximum atomic E-state index is 12.3. The molecule has 0 aliphatic rings. The Labute approximate surface area is 176 Å². The van der Waals surface area contributed by atoms with Crippen LogP contribution in [0.15, 0.2) is 60.7 Å². The average molecular weight is 417 g/mol. The number of thioether (sulfide) groups is 1. The van der Waals surface area contributed by atoms with Gasteiger partial charge in [0.05, 0.1) is 6.61 Å². The van der Waals surface area contributed by atoms with Gasteiger partial charge in [0.15, 0.2) is 0 Å². The van der Waals surface area contributed by atoms with Gasteiger partial charge in [0.1, 0.15) is 12.6 Å². The number of amides is 1. The first-order valence-electron chi connectivity index (χ1n) is 9.59. The Morgan fingerprint density at radius 3 is 2.21 bits per heavy atom. The van der Waals surface area contributed by atoms with E-state index in [1.807, 2.05) is 60.7 Å². The fourth-order valence-electron chi connectivity index (χ4n) is 2.64. The van der Waals surface area contributed by atoms with Gasteiger partial charge in [-0.1, -0.05) is 60.7 Å².